The Morgan fingerprint density at radius 3 is 1.73 bits per heavy atom. The SMILES string of the molecule is Cc1cc(C(=O)O)cc(OC(=O)OC(C)(C)C)c1OC(=O)OC(C)(C)C. The Morgan fingerprint density at radius 1 is 0.846 bits per heavy atom. The molecule has 1 N–H and O–H groups in total. The Bertz CT molecular complexity index is 707. The third-order valence-corrected chi connectivity index (χ3v) is 2.65. The lowest BCUT2D eigenvalue weighted by atomic mass is 10.1. The van der Waals surface area contributed by atoms with Crippen molar-refractivity contribution in [3.63, 3.8) is 0 Å². The molecule has 0 fully saturated rings. The molecule has 0 aliphatic rings. The summed E-state index contributed by atoms with van der Waals surface area (Å²) in [5.41, 5.74) is -1.48. The summed E-state index contributed by atoms with van der Waals surface area (Å²) in [7, 11) is 0. The van der Waals surface area contributed by atoms with E-state index in [1.807, 2.05) is 0 Å². The highest BCUT2D eigenvalue weighted by Crippen LogP contribution is 2.34. The maximum atomic E-state index is 11.9. The van der Waals surface area contributed by atoms with Crippen molar-refractivity contribution in [1.29, 1.82) is 0 Å². The summed E-state index contributed by atoms with van der Waals surface area (Å²) in [6.07, 6.45) is -2.08. The van der Waals surface area contributed by atoms with Crippen LogP contribution in [0.15, 0.2) is 12.1 Å². The number of aryl methyl sites for hydroxylation is 1. The molecule has 1 aromatic rings. The van der Waals surface area contributed by atoms with Crippen LogP contribution in [-0.4, -0.2) is 34.6 Å². The Hall–Kier alpha value is -2.77. The van der Waals surface area contributed by atoms with E-state index < -0.39 is 29.5 Å². The summed E-state index contributed by atoms with van der Waals surface area (Å²) in [4.78, 5) is 35.1. The molecule has 8 nitrogen and oxygen atoms in total. The van der Waals surface area contributed by atoms with Crippen molar-refractivity contribution in [2.75, 3.05) is 0 Å². The van der Waals surface area contributed by atoms with Crippen LogP contribution in [0.3, 0.4) is 0 Å². The van der Waals surface area contributed by atoms with Crippen molar-refractivity contribution >= 4 is 18.3 Å². The summed E-state index contributed by atoms with van der Waals surface area (Å²) in [5.74, 6) is -1.62. The first-order valence-corrected chi connectivity index (χ1v) is 7.87. The van der Waals surface area contributed by atoms with Crippen LogP contribution in [0.25, 0.3) is 0 Å². The van der Waals surface area contributed by atoms with Crippen LogP contribution in [0.2, 0.25) is 0 Å². The van der Waals surface area contributed by atoms with Gasteiger partial charge < -0.3 is 24.1 Å². The van der Waals surface area contributed by atoms with Gasteiger partial charge >= 0.3 is 18.3 Å². The summed E-state index contributed by atoms with van der Waals surface area (Å²) < 4.78 is 20.3. The van der Waals surface area contributed by atoms with Gasteiger partial charge in [0.1, 0.15) is 11.2 Å². The minimum atomic E-state index is -1.23. The monoisotopic (exact) mass is 368 g/mol. The molecule has 0 aliphatic carbocycles. The van der Waals surface area contributed by atoms with Gasteiger partial charge in [0.05, 0.1) is 5.56 Å². The van der Waals surface area contributed by atoms with E-state index in [1.165, 1.54) is 13.0 Å². The van der Waals surface area contributed by atoms with Crippen LogP contribution < -0.4 is 9.47 Å². The highest BCUT2D eigenvalue weighted by Gasteiger charge is 2.25. The Labute approximate surface area is 152 Å². The first-order valence-electron chi connectivity index (χ1n) is 7.87. The van der Waals surface area contributed by atoms with Crippen LogP contribution >= 0.6 is 0 Å². The zero-order chi connectivity index (χ0) is 20.3. The Morgan fingerprint density at radius 2 is 1.31 bits per heavy atom. The lowest BCUT2D eigenvalue weighted by molar-refractivity contribution is 0.0136. The van der Waals surface area contributed by atoms with Gasteiger partial charge in [-0.3, -0.25) is 0 Å². The van der Waals surface area contributed by atoms with Gasteiger partial charge in [-0.15, -0.1) is 0 Å². The predicted octanol–water partition coefficient (Wildman–Crippen LogP) is 4.32. The number of ether oxygens (including phenoxy) is 4. The second-order valence-corrected chi connectivity index (χ2v) is 7.56. The molecule has 0 aliphatic heterocycles. The highest BCUT2D eigenvalue weighted by molar-refractivity contribution is 5.89. The molecule has 0 radical (unpaired) electrons. The van der Waals surface area contributed by atoms with E-state index >= 15 is 0 Å². The van der Waals surface area contributed by atoms with Gasteiger partial charge in [0.15, 0.2) is 11.5 Å². The van der Waals surface area contributed by atoms with Gasteiger partial charge in [-0.2, -0.15) is 0 Å². The largest absolute Gasteiger partial charge is 0.514 e. The average Bonchev–Trinajstić information content (AvgIpc) is 2.37. The topological polar surface area (TPSA) is 108 Å². The number of hydrogen-bond acceptors (Lipinski definition) is 7. The molecule has 0 aromatic heterocycles. The first kappa shape index (κ1) is 21.3. The van der Waals surface area contributed by atoms with E-state index in [0.717, 1.165) is 6.07 Å². The van der Waals surface area contributed by atoms with Crippen LogP contribution in [-0.2, 0) is 9.47 Å². The smallest absolute Gasteiger partial charge is 0.478 e. The van der Waals surface area contributed by atoms with Gasteiger partial charge in [-0.05, 0) is 66.2 Å². The maximum absolute atomic E-state index is 11.9. The van der Waals surface area contributed by atoms with Gasteiger partial charge in [0.25, 0.3) is 0 Å². The minimum absolute atomic E-state index is 0.130. The predicted molar refractivity (Wildman–Crippen MR) is 91.9 cm³/mol. The highest BCUT2D eigenvalue weighted by atomic mass is 16.8. The molecule has 144 valence electrons. The molecule has 0 atom stereocenters. The summed E-state index contributed by atoms with van der Waals surface area (Å²) in [5, 5.41) is 9.18. The standard InChI is InChI=1S/C18H24O8/c1-10-8-11(14(19)20)9-12(23-15(21)25-17(2,3)4)13(10)24-16(22)26-18(5,6)7/h8-9H,1-7H3,(H,19,20). The van der Waals surface area contributed by atoms with E-state index in [2.05, 4.69) is 0 Å². The zero-order valence-electron chi connectivity index (χ0n) is 16.0. The second kappa shape index (κ2) is 7.63. The van der Waals surface area contributed by atoms with Crippen LogP contribution in [0, 0.1) is 6.92 Å². The number of hydrogen-bond donors (Lipinski definition) is 1. The maximum Gasteiger partial charge on any atom is 0.514 e. The molecule has 1 rings (SSSR count). The molecule has 8 heteroatoms. The van der Waals surface area contributed by atoms with E-state index in [1.54, 1.807) is 41.5 Å². The lowest BCUT2D eigenvalue weighted by Crippen LogP contribution is -2.27. The van der Waals surface area contributed by atoms with Crippen molar-refractivity contribution in [1.82, 2.24) is 0 Å². The number of carboxylic acids is 1. The van der Waals surface area contributed by atoms with E-state index in [0.29, 0.717) is 0 Å². The minimum Gasteiger partial charge on any atom is -0.478 e. The van der Waals surface area contributed by atoms with E-state index in [9.17, 15) is 19.5 Å². The number of rotatable bonds is 3. The number of carbonyl (C=O) groups is 3. The van der Waals surface area contributed by atoms with Crippen molar-refractivity contribution in [2.45, 2.75) is 59.7 Å². The average molecular weight is 368 g/mol. The molecular weight excluding hydrogens is 344 g/mol. The quantitative estimate of drug-likeness (QED) is 0.620. The fraction of sp³-hybridized carbons (Fsp3) is 0.500. The number of aromatic carboxylic acids is 1. The molecule has 0 unspecified atom stereocenters. The molecule has 0 saturated carbocycles. The summed E-state index contributed by atoms with van der Waals surface area (Å²) >= 11 is 0. The third-order valence-electron chi connectivity index (χ3n) is 2.65. The molecule has 26 heavy (non-hydrogen) atoms. The fourth-order valence-corrected chi connectivity index (χ4v) is 1.79. The van der Waals surface area contributed by atoms with Crippen molar-refractivity contribution in [3.8, 4) is 11.5 Å². The van der Waals surface area contributed by atoms with Gasteiger partial charge in [0.2, 0.25) is 0 Å². The van der Waals surface area contributed by atoms with E-state index in [4.69, 9.17) is 18.9 Å². The van der Waals surface area contributed by atoms with Crippen LogP contribution in [0.5, 0.6) is 11.5 Å². The van der Waals surface area contributed by atoms with Gasteiger partial charge in [-0.25, -0.2) is 14.4 Å². The molecule has 0 amide bonds. The zero-order valence-corrected chi connectivity index (χ0v) is 16.0. The normalized spacial score (nSPS) is 11.5. The van der Waals surface area contributed by atoms with Crippen molar-refractivity contribution in [3.05, 3.63) is 23.3 Å². The van der Waals surface area contributed by atoms with Crippen LogP contribution in [0.4, 0.5) is 9.59 Å². The number of carbonyl (C=O) groups excluding carboxylic acids is 2. The van der Waals surface area contributed by atoms with Gasteiger partial charge in [-0.1, -0.05) is 0 Å². The molecule has 1 aromatic carbocycles. The summed E-state index contributed by atoms with van der Waals surface area (Å²) in [6, 6.07) is 2.35. The third kappa shape index (κ3) is 7.00. The fourth-order valence-electron chi connectivity index (χ4n) is 1.79. The van der Waals surface area contributed by atoms with Crippen LogP contribution in [0.1, 0.15) is 57.5 Å². The molecular formula is C18H24O8. The number of benzene rings is 1. The molecule has 0 heterocycles. The van der Waals surface area contributed by atoms with Gasteiger partial charge in [0, 0.05) is 0 Å². The van der Waals surface area contributed by atoms with E-state index in [-0.39, 0.29) is 22.6 Å². The molecule has 0 spiro atoms. The second-order valence-electron chi connectivity index (χ2n) is 7.56. The van der Waals surface area contributed by atoms with Crippen molar-refractivity contribution < 1.29 is 38.4 Å². The molecule has 0 saturated heterocycles. The van der Waals surface area contributed by atoms with Crippen molar-refractivity contribution in [2.24, 2.45) is 0 Å². The Balaban J connectivity index is 3.20. The Kier molecular flexibility index (Phi) is 6.25. The lowest BCUT2D eigenvalue weighted by Gasteiger charge is -2.21. The number of carboxylic acid groups (broad SMARTS) is 1. The summed E-state index contributed by atoms with van der Waals surface area (Å²) in [6.45, 7) is 11.4. The molecule has 0 bridgehead atoms. The first-order chi connectivity index (χ1) is 11.7.